The molecule has 6 rings (SSSR count). The molecule has 12 heteroatoms. The molecule has 10 nitrogen and oxygen atoms in total. The molecule has 4 aromatic rings. The third-order valence-corrected chi connectivity index (χ3v) is 15.0. The summed E-state index contributed by atoms with van der Waals surface area (Å²) >= 11 is 0. The summed E-state index contributed by atoms with van der Waals surface area (Å²) in [5.41, 5.74) is 4.83. The average Bonchev–Trinajstić information content (AvgIpc) is 3.22. The summed E-state index contributed by atoms with van der Waals surface area (Å²) in [6.07, 6.45) is 0. The van der Waals surface area contributed by atoms with Gasteiger partial charge >= 0.3 is 0 Å². The molecule has 0 saturated carbocycles. The van der Waals surface area contributed by atoms with Crippen molar-refractivity contribution in [2.75, 3.05) is 142 Å². The Labute approximate surface area is 349 Å². The minimum absolute atomic E-state index is 0.564. The normalized spacial score (nSPS) is 19.3. The molecule has 0 unspecified atom stereocenters. The van der Waals surface area contributed by atoms with Crippen molar-refractivity contribution in [2.24, 2.45) is 0 Å². The predicted molar refractivity (Wildman–Crippen MR) is 244 cm³/mol. The maximum Gasteiger partial charge on any atom is 0.0784 e. The molecular formula is C46H68N2O8Si2. The highest BCUT2D eigenvalue weighted by Crippen LogP contribution is 2.35. The van der Waals surface area contributed by atoms with E-state index in [1.807, 2.05) is 0 Å². The van der Waals surface area contributed by atoms with Gasteiger partial charge in [0.05, 0.1) is 122 Å². The van der Waals surface area contributed by atoms with Gasteiger partial charge in [-0.2, -0.15) is 0 Å². The zero-order valence-corrected chi connectivity index (χ0v) is 38.1. The molecule has 0 aromatic heterocycles. The van der Waals surface area contributed by atoms with E-state index in [1.54, 1.807) is 0 Å². The van der Waals surface area contributed by atoms with Crippen LogP contribution in [0.1, 0.15) is 0 Å². The molecule has 318 valence electrons. The number of ether oxygens (including phenoxy) is 8. The lowest BCUT2D eigenvalue weighted by molar-refractivity contribution is 0.00206. The summed E-state index contributed by atoms with van der Waals surface area (Å²) in [5.74, 6) is 0. The number of nitrogens with zero attached hydrogens (tertiary/aromatic N) is 2. The van der Waals surface area contributed by atoms with Gasteiger partial charge in [-0.1, -0.05) is 86.1 Å². The van der Waals surface area contributed by atoms with Crippen molar-refractivity contribution in [1.29, 1.82) is 0 Å². The van der Waals surface area contributed by atoms with E-state index < -0.39 is 16.1 Å². The maximum atomic E-state index is 6.07. The van der Waals surface area contributed by atoms with Gasteiger partial charge in [0.2, 0.25) is 0 Å². The van der Waals surface area contributed by atoms with Crippen molar-refractivity contribution in [1.82, 2.24) is 0 Å². The standard InChI is InChI=1S/C46H68N2O8Si2/c1-57(2,3)45-13-11-43(47-15-19-49-23-27-53-31-32-54-28-24-50-20-16-47)41-35-37(7-9-39(41)45)38-8-10-40-42(36-38)44(12-14-46(40)58(4,5)6)48-17-21-51-25-29-55-33-34-56-30-26-52-22-18-48/h7-14,35-36H,15-34H2,1-6H3. The molecule has 0 N–H and O–H groups in total. The van der Waals surface area contributed by atoms with Crippen LogP contribution in [0.2, 0.25) is 39.3 Å². The number of fused-ring (bicyclic) bond motifs is 2. The molecule has 0 bridgehead atoms. The maximum absolute atomic E-state index is 6.07. The molecule has 2 heterocycles. The van der Waals surface area contributed by atoms with Crippen molar-refractivity contribution in [3.63, 3.8) is 0 Å². The zero-order valence-electron chi connectivity index (χ0n) is 36.1. The van der Waals surface area contributed by atoms with Crippen LogP contribution in [0.5, 0.6) is 0 Å². The Balaban J connectivity index is 1.40. The number of hydrogen-bond donors (Lipinski definition) is 0. The second-order valence-electron chi connectivity index (χ2n) is 17.2. The fourth-order valence-corrected chi connectivity index (χ4v) is 11.0. The van der Waals surface area contributed by atoms with Gasteiger partial charge in [-0.05, 0) is 46.2 Å². The van der Waals surface area contributed by atoms with Crippen molar-refractivity contribution in [2.45, 2.75) is 39.3 Å². The van der Waals surface area contributed by atoms with Gasteiger partial charge in [-0.15, -0.1) is 0 Å². The molecule has 0 atom stereocenters. The van der Waals surface area contributed by atoms with E-state index in [4.69, 9.17) is 37.9 Å². The molecule has 58 heavy (non-hydrogen) atoms. The molecule has 2 fully saturated rings. The van der Waals surface area contributed by atoms with Crippen LogP contribution < -0.4 is 20.2 Å². The lowest BCUT2D eigenvalue weighted by Gasteiger charge is -2.29. The van der Waals surface area contributed by atoms with E-state index in [2.05, 4.69) is 110 Å². The fourth-order valence-electron chi connectivity index (χ4n) is 7.81. The summed E-state index contributed by atoms with van der Waals surface area (Å²) in [6, 6.07) is 23.7. The van der Waals surface area contributed by atoms with Crippen LogP contribution in [0.15, 0.2) is 60.7 Å². The van der Waals surface area contributed by atoms with E-state index in [-0.39, 0.29) is 0 Å². The van der Waals surface area contributed by atoms with Crippen LogP contribution in [0.25, 0.3) is 32.7 Å². The first-order valence-electron chi connectivity index (χ1n) is 21.4. The zero-order chi connectivity index (χ0) is 40.8. The molecule has 0 aliphatic carbocycles. The second-order valence-corrected chi connectivity index (χ2v) is 27.2. The summed E-state index contributed by atoms with van der Waals surface area (Å²) < 4.78 is 47.0. The fraction of sp³-hybridized carbons (Fsp3) is 0.565. The lowest BCUT2D eigenvalue weighted by Crippen LogP contribution is -2.39. The number of rotatable bonds is 5. The van der Waals surface area contributed by atoms with Gasteiger partial charge < -0.3 is 47.7 Å². The Bertz CT molecular complexity index is 1710. The summed E-state index contributed by atoms with van der Waals surface area (Å²) in [5, 5.41) is 8.15. The molecule has 2 aliphatic heterocycles. The van der Waals surface area contributed by atoms with E-state index in [0.717, 1.165) is 26.2 Å². The second kappa shape index (κ2) is 22.1. The third kappa shape index (κ3) is 12.6. The van der Waals surface area contributed by atoms with Gasteiger partial charge in [-0.25, -0.2) is 0 Å². The van der Waals surface area contributed by atoms with Gasteiger partial charge in [0.1, 0.15) is 0 Å². The quantitative estimate of drug-likeness (QED) is 0.208. The summed E-state index contributed by atoms with van der Waals surface area (Å²) in [4.78, 5) is 4.87. The number of anilines is 2. The SMILES string of the molecule is C[Si](C)(C)c1ccc(N2CCOCCOCCOCCOCC2)c2cc(-c3ccc4c([Si](C)(C)C)ccc(N5CCOCCOCCOCCOCC5)c4c3)ccc12. The van der Waals surface area contributed by atoms with Crippen LogP contribution in [0.4, 0.5) is 11.4 Å². The van der Waals surface area contributed by atoms with Crippen LogP contribution >= 0.6 is 0 Å². The van der Waals surface area contributed by atoms with E-state index in [0.29, 0.717) is 106 Å². The van der Waals surface area contributed by atoms with Crippen molar-refractivity contribution in [3.05, 3.63) is 60.7 Å². The molecule has 0 radical (unpaired) electrons. The number of hydrogen-bond acceptors (Lipinski definition) is 10. The van der Waals surface area contributed by atoms with Crippen molar-refractivity contribution in [3.8, 4) is 11.1 Å². The minimum atomic E-state index is -1.67. The van der Waals surface area contributed by atoms with Crippen LogP contribution in [-0.4, -0.2) is 148 Å². The minimum Gasteiger partial charge on any atom is -0.377 e. The van der Waals surface area contributed by atoms with Crippen molar-refractivity contribution >= 4 is 59.4 Å². The third-order valence-electron chi connectivity index (χ3n) is 10.9. The molecule has 0 amide bonds. The summed E-state index contributed by atoms with van der Waals surface area (Å²) in [7, 11) is -3.35. The highest BCUT2D eigenvalue weighted by atomic mass is 28.3. The monoisotopic (exact) mass is 832 g/mol. The Morgan fingerprint density at radius 1 is 0.328 bits per heavy atom. The van der Waals surface area contributed by atoms with Gasteiger partial charge in [0.25, 0.3) is 0 Å². The van der Waals surface area contributed by atoms with E-state index in [9.17, 15) is 0 Å². The van der Waals surface area contributed by atoms with Gasteiger partial charge in [-0.3, -0.25) is 0 Å². The topological polar surface area (TPSA) is 80.3 Å². The molecule has 2 saturated heterocycles. The summed E-state index contributed by atoms with van der Waals surface area (Å²) in [6.45, 7) is 26.9. The lowest BCUT2D eigenvalue weighted by atomic mass is 9.96. The Kier molecular flexibility index (Phi) is 17.0. The number of benzene rings is 4. The van der Waals surface area contributed by atoms with Crippen LogP contribution in [0, 0.1) is 0 Å². The Morgan fingerprint density at radius 2 is 0.603 bits per heavy atom. The van der Waals surface area contributed by atoms with Gasteiger partial charge in [0, 0.05) is 48.3 Å². The first kappa shape index (κ1) is 44.7. The van der Waals surface area contributed by atoms with Crippen molar-refractivity contribution < 1.29 is 37.9 Å². The highest BCUT2D eigenvalue weighted by molar-refractivity contribution is 6.91. The van der Waals surface area contributed by atoms with E-state index in [1.165, 1.54) is 54.4 Å². The Morgan fingerprint density at radius 3 is 0.879 bits per heavy atom. The first-order chi connectivity index (χ1) is 28.1. The average molecular weight is 833 g/mol. The molecular weight excluding hydrogens is 765 g/mol. The van der Waals surface area contributed by atoms with Gasteiger partial charge in [0.15, 0.2) is 0 Å². The highest BCUT2D eigenvalue weighted by Gasteiger charge is 2.24. The van der Waals surface area contributed by atoms with E-state index >= 15 is 0 Å². The molecule has 2 aliphatic rings. The predicted octanol–water partition coefficient (Wildman–Crippen LogP) is 6.52. The first-order valence-corrected chi connectivity index (χ1v) is 28.4. The largest absolute Gasteiger partial charge is 0.377 e. The smallest absolute Gasteiger partial charge is 0.0784 e. The Hall–Kier alpha value is -2.89. The van der Waals surface area contributed by atoms with Crippen LogP contribution in [0.3, 0.4) is 0 Å². The molecule has 0 spiro atoms. The van der Waals surface area contributed by atoms with Crippen LogP contribution in [-0.2, 0) is 37.9 Å². The molecule has 4 aromatic carbocycles.